The Morgan fingerprint density at radius 2 is 2.12 bits per heavy atom. The van der Waals surface area contributed by atoms with Crippen LogP contribution in [0.5, 0.6) is 0 Å². The van der Waals surface area contributed by atoms with Gasteiger partial charge in [0.05, 0.1) is 16.7 Å². The summed E-state index contributed by atoms with van der Waals surface area (Å²) in [7, 11) is 0. The monoisotopic (exact) mass is 361 g/mol. The first-order chi connectivity index (χ1) is 11.5. The number of aromatic amines is 1. The first-order valence-corrected chi connectivity index (χ1v) is 9.08. The lowest BCUT2D eigenvalue weighted by Gasteiger charge is -2.03. The smallest absolute Gasteiger partial charge is 0.259 e. The number of benzene rings is 1. The molecule has 0 spiro atoms. The maximum atomic E-state index is 12.0. The number of carbonyl (C=O) groups excluding carboxylic acids is 1. The van der Waals surface area contributed by atoms with Crippen LogP contribution in [0.4, 0.5) is 5.13 Å². The Balaban J connectivity index is 1.64. The molecule has 0 saturated carbocycles. The van der Waals surface area contributed by atoms with Gasteiger partial charge in [-0.2, -0.15) is 0 Å². The second-order valence-electron chi connectivity index (χ2n) is 5.33. The Morgan fingerprint density at radius 3 is 2.88 bits per heavy atom. The molecule has 7 nitrogen and oxygen atoms in total. The molecule has 0 bridgehead atoms. The molecule has 9 heteroatoms. The third-order valence-corrected chi connectivity index (χ3v) is 5.12. The van der Waals surface area contributed by atoms with E-state index in [-0.39, 0.29) is 23.1 Å². The van der Waals surface area contributed by atoms with Crippen molar-refractivity contribution in [2.75, 3.05) is 11.1 Å². The standard InChI is InChI=1S/C15H15N5O2S2/c1-8(2)13-19-20-15(24-13)17-11(21)7-23-14-16-10-6-4-3-5-9(10)12(22)18-14/h3-6,8H,7H2,1-2H3,(H,16,18,22)(H,17,20,21). The van der Waals surface area contributed by atoms with Gasteiger partial charge in [0.15, 0.2) is 5.16 Å². The zero-order valence-electron chi connectivity index (χ0n) is 13.1. The van der Waals surface area contributed by atoms with Crippen LogP contribution in [-0.4, -0.2) is 31.8 Å². The molecule has 2 N–H and O–H groups in total. The van der Waals surface area contributed by atoms with Gasteiger partial charge in [-0.3, -0.25) is 14.9 Å². The van der Waals surface area contributed by atoms with E-state index < -0.39 is 0 Å². The van der Waals surface area contributed by atoms with Crippen LogP contribution in [0.1, 0.15) is 24.8 Å². The van der Waals surface area contributed by atoms with E-state index in [0.29, 0.717) is 21.2 Å². The number of nitrogens with zero attached hydrogens (tertiary/aromatic N) is 3. The van der Waals surface area contributed by atoms with Crippen molar-refractivity contribution < 1.29 is 4.79 Å². The number of rotatable bonds is 5. The van der Waals surface area contributed by atoms with Crippen LogP contribution in [0.3, 0.4) is 0 Å². The lowest BCUT2D eigenvalue weighted by atomic mass is 10.2. The zero-order valence-corrected chi connectivity index (χ0v) is 14.7. The van der Waals surface area contributed by atoms with Crippen LogP contribution in [0, 0.1) is 0 Å². The van der Waals surface area contributed by atoms with Crippen LogP contribution >= 0.6 is 23.1 Å². The van der Waals surface area contributed by atoms with Crippen molar-refractivity contribution >= 4 is 45.0 Å². The van der Waals surface area contributed by atoms with E-state index >= 15 is 0 Å². The molecule has 24 heavy (non-hydrogen) atoms. The average molecular weight is 361 g/mol. The summed E-state index contributed by atoms with van der Waals surface area (Å²) < 4.78 is 0. The van der Waals surface area contributed by atoms with E-state index in [1.54, 1.807) is 18.2 Å². The third kappa shape index (κ3) is 3.80. The van der Waals surface area contributed by atoms with Crippen LogP contribution in [0.2, 0.25) is 0 Å². The Kier molecular flexibility index (Phi) is 4.91. The summed E-state index contributed by atoms with van der Waals surface area (Å²) in [5, 5.41) is 13.0. The number of thioether (sulfide) groups is 1. The normalized spacial score (nSPS) is 11.1. The quantitative estimate of drug-likeness (QED) is 0.535. The summed E-state index contributed by atoms with van der Waals surface area (Å²) in [6.45, 7) is 4.04. The molecule has 0 aliphatic carbocycles. The van der Waals surface area contributed by atoms with E-state index in [2.05, 4.69) is 25.5 Å². The highest BCUT2D eigenvalue weighted by Crippen LogP contribution is 2.22. The Bertz CT molecular complexity index is 935. The van der Waals surface area contributed by atoms with Crippen LogP contribution in [0.15, 0.2) is 34.2 Å². The number of hydrogen-bond acceptors (Lipinski definition) is 7. The molecule has 1 aromatic carbocycles. The number of fused-ring (bicyclic) bond motifs is 1. The van der Waals surface area contributed by atoms with E-state index in [9.17, 15) is 9.59 Å². The molecule has 2 heterocycles. The minimum Gasteiger partial charge on any atom is -0.301 e. The van der Waals surface area contributed by atoms with Crippen molar-refractivity contribution in [3.63, 3.8) is 0 Å². The number of H-pyrrole nitrogens is 1. The zero-order chi connectivity index (χ0) is 17.1. The molecule has 0 unspecified atom stereocenters. The van der Waals surface area contributed by atoms with Gasteiger partial charge in [-0.1, -0.05) is 49.1 Å². The number of nitrogens with one attached hydrogen (secondary N) is 2. The minimum absolute atomic E-state index is 0.123. The highest BCUT2D eigenvalue weighted by Gasteiger charge is 2.12. The summed E-state index contributed by atoms with van der Waals surface area (Å²) in [5.41, 5.74) is 0.393. The lowest BCUT2D eigenvalue weighted by Crippen LogP contribution is -2.15. The van der Waals surface area contributed by atoms with Crippen molar-refractivity contribution in [1.29, 1.82) is 0 Å². The van der Waals surface area contributed by atoms with Gasteiger partial charge in [0.1, 0.15) is 5.01 Å². The predicted molar refractivity (Wildman–Crippen MR) is 95.7 cm³/mol. The van der Waals surface area contributed by atoms with Gasteiger partial charge in [0.25, 0.3) is 5.56 Å². The SMILES string of the molecule is CC(C)c1nnc(NC(=O)CSc2nc3ccccc3c(=O)[nH]2)s1. The Labute approximate surface area is 145 Å². The molecule has 0 atom stereocenters. The third-order valence-electron chi connectivity index (χ3n) is 3.11. The van der Waals surface area contributed by atoms with Gasteiger partial charge >= 0.3 is 0 Å². The van der Waals surface area contributed by atoms with Gasteiger partial charge in [-0.15, -0.1) is 10.2 Å². The largest absolute Gasteiger partial charge is 0.301 e. The number of aromatic nitrogens is 4. The highest BCUT2D eigenvalue weighted by atomic mass is 32.2. The van der Waals surface area contributed by atoms with Gasteiger partial charge < -0.3 is 4.98 Å². The fourth-order valence-electron chi connectivity index (χ4n) is 1.94. The van der Waals surface area contributed by atoms with Crippen LogP contribution in [0.25, 0.3) is 10.9 Å². The molecule has 0 aliphatic rings. The maximum Gasteiger partial charge on any atom is 0.259 e. The molecule has 2 aromatic heterocycles. The average Bonchev–Trinajstić information content (AvgIpc) is 3.02. The molecule has 0 radical (unpaired) electrons. The Morgan fingerprint density at radius 1 is 1.33 bits per heavy atom. The molecular formula is C15H15N5O2S2. The van der Waals surface area contributed by atoms with Gasteiger partial charge in [0.2, 0.25) is 11.0 Å². The molecule has 0 saturated heterocycles. The van der Waals surface area contributed by atoms with Crippen molar-refractivity contribution in [2.45, 2.75) is 24.9 Å². The van der Waals surface area contributed by atoms with Gasteiger partial charge in [-0.05, 0) is 12.1 Å². The number of hydrogen-bond donors (Lipinski definition) is 2. The number of amides is 1. The molecule has 3 rings (SSSR count). The topological polar surface area (TPSA) is 101 Å². The maximum absolute atomic E-state index is 12.0. The highest BCUT2D eigenvalue weighted by molar-refractivity contribution is 7.99. The molecule has 0 fully saturated rings. The van der Waals surface area contributed by atoms with Crippen LogP contribution in [-0.2, 0) is 4.79 Å². The van der Waals surface area contributed by atoms with Crippen molar-refractivity contribution in [3.8, 4) is 0 Å². The fourth-order valence-corrected chi connectivity index (χ4v) is 3.37. The van der Waals surface area contributed by atoms with Crippen LogP contribution < -0.4 is 10.9 Å². The second-order valence-corrected chi connectivity index (χ2v) is 7.30. The minimum atomic E-state index is -0.220. The molecule has 3 aromatic rings. The lowest BCUT2D eigenvalue weighted by molar-refractivity contribution is -0.113. The number of anilines is 1. The second kappa shape index (κ2) is 7.10. The van der Waals surface area contributed by atoms with E-state index in [4.69, 9.17) is 0 Å². The molecular weight excluding hydrogens is 346 g/mol. The number of carbonyl (C=O) groups is 1. The Hall–Kier alpha value is -2.26. The summed E-state index contributed by atoms with van der Waals surface area (Å²) >= 11 is 2.53. The van der Waals surface area contributed by atoms with E-state index in [0.717, 1.165) is 5.01 Å². The van der Waals surface area contributed by atoms with Crippen molar-refractivity contribution in [3.05, 3.63) is 39.6 Å². The number of para-hydroxylation sites is 1. The molecule has 1 amide bonds. The first-order valence-electron chi connectivity index (χ1n) is 7.28. The fraction of sp³-hybridized carbons (Fsp3) is 0.267. The molecule has 124 valence electrons. The van der Waals surface area contributed by atoms with Gasteiger partial charge in [-0.25, -0.2) is 4.98 Å². The predicted octanol–water partition coefficient (Wildman–Crippen LogP) is 2.63. The van der Waals surface area contributed by atoms with Crippen molar-refractivity contribution in [2.24, 2.45) is 0 Å². The van der Waals surface area contributed by atoms with Crippen molar-refractivity contribution in [1.82, 2.24) is 20.2 Å². The summed E-state index contributed by atoms with van der Waals surface area (Å²) in [5.74, 6) is 0.175. The molecule has 0 aliphatic heterocycles. The summed E-state index contributed by atoms with van der Waals surface area (Å²) in [6, 6.07) is 7.08. The summed E-state index contributed by atoms with van der Waals surface area (Å²) in [4.78, 5) is 31.0. The summed E-state index contributed by atoms with van der Waals surface area (Å²) in [6.07, 6.45) is 0. The van der Waals surface area contributed by atoms with E-state index in [1.807, 2.05) is 19.9 Å². The van der Waals surface area contributed by atoms with E-state index in [1.165, 1.54) is 23.1 Å². The first kappa shape index (κ1) is 16.6. The van der Waals surface area contributed by atoms with Gasteiger partial charge in [0, 0.05) is 5.92 Å².